The van der Waals surface area contributed by atoms with Gasteiger partial charge in [-0.25, -0.2) is 4.79 Å². The lowest BCUT2D eigenvalue weighted by Crippen LogP contribution is -2.12. The van der Waals surface area contributed by atoms with Gasteiger partial charge in [0, 0.05) is 11.3 Å². The highest BCUT2D eigenvalue weighted by molar-refractivity contribution is 5.90. The third-order valence-electron chi connectivity index (χ3n) is 2.21. The molecule has 74 valence electrons. The Hall–Kier alpha value is -1.75. The monoisotopic (exact) mass is 194 g/mol. The predicted octanol–water partition coefficient (Wildman–Crippen LogP) is 0.359. The molecule has 1 aromatic carbocycles. The van der Waals surface area contributed by atoms with Gasteiger partial charge in [-0.3, -0.25) is 0 Å². The summed E-state index contributed by atoms with van der Waals surface area (Å²) in [4.78, 5) is 10.7. The first-order chi connectivity index (χ1) is 6.59. The Labute approximate surface area is 80.3 Å². The van der Waals surface area contributed by atoms with E-state index < -0.39 is 5.97 Å². The lowest BCUT2D eigenvalue weighted by molar-refractivity contribution is 0.0696. The van der Waals surface area contributed by atoms with Crippen LogP contribution in [0.5, 0.6) is 5.75 Å². The molecule has 2 rings (SSSR count). The molecule has 1 atom stereocenters. The number of ether oxygens (including phenoxy) is 1. The van der Waals surface area contributed by atoms with E-state index in [1.54, 1.807) is 0 Å². The van der Waals surface area contributed by atoms with Crippen molar-refractivity contribution in [2.24, 2.45) is 5.73 Å². The summed E-state index contributed by atoms with van der Waals surface area (Å²) in [6, 6.07) is 2.59. The number of benzene rings is 1. The fourth-order valence-corrected chi connectivity index (χ4v) is 1.55. The number of carboxylic acid groups (broad SMARTS) is 1. The molecular formula is C9H10N2O3. The summed E-state index contributed by atoms with van der Waals surface area (Å²) in [5.41, 5.74) is 12.6. The molecule has 0 bridgehead atoms. The van der Waals surface area contributed by atoms with E-state index in [0.29, 0.717) is 23.6 Å². The highest BCUT2D eigenvalue weighted by Crippen LogP contribution is 2.36. The average Bonchev–Trinajstić information content (AvgIpc) is 2.48. The second kappa shape index (κ2) is 2.88. The van der Waals surface area contributed by atoms with Gasteiger partial charge in [0.15, 0.2) is 0 Å². The summed E-state index contributed by atoms with van der Waals surface area (Å²) in [7, 11) is 0. The zero-order chi connectivity index (χ0) is 10.3. The Morgan fingerprint density at radius 1 is 1.57 bits per heavy atom. The number of fused-ring (bicyclic) bond motifs is 1. The van der Waals surface area contributed by atoms with Crippen LogP contribution in [-0.2, 0) is 0 Å². The minimum Gasteiger partial charge on any atom is -0.491 e. The summed E-state index contributed by atoms with van der Waals surface area (Å²) < 4.78 is 5.21. The number of hydrogen-bond acceptors (Lipinski definition) is 4. The molecule has 0 fully saturated rings. The second-order valence-electron chi connectivity index (χ2n) is 3.20. The topological polar surface area (TPSA) is 98.6 Å². The Kier molecular flexibility index (Phi) is 1.82. The third-order valence-corrected chi connectivity index (χ3v) is 2.21. The molecule has 5 heteroatoms. The van der Waals surface area contributed by atoms with Crippen LogP contribution in [0.25, 0.3) is 0 Å². The molecule has 1 aromatic rings. The van der Waals surface area contributed by atoms with Crippen molar-refractivity contribution >= 4 is 11.7 Å². The van der Waals surface area contributed by atoms with Crippen LogP contribution in [0.3, 0.4) is 0 Å². The Morgan fingerprint density at radius 3 is 2.93 bits per heavy atom. The van der Waals surface area contributed by atoms with Gasteiger partial charge in [0.05, 0.1) is 11.6 Å². The normalized spacial score (nSPS) is 18.8. The first-order valence-electron chi connectivity index (χ1n) is 4.14. The van der Waals surface area contributed by atoms with Crippen molar-refractivity contribution in [1.29, 1.82) is 0 Å². The molecule has 1 aliphatic rings. The molecule has 14 heavy (non-hydrogen) atoms. The van der Waals surface area contributed by atoms with Crippen LogP contribution < -0.4 is 16.2 Å². The van der Waals surface area contributed by atoms with E-state index in [-0.39, 0.29) is 11.6 Å². The van der Waals surface area contributed by atoms with E-state index in [1.807, 2.05) is 0 Å². The maximum Gasteiger partial charge on any atom is 0.335 e. The van der Waals surface area contributed by atoms with Crippen LogP contribution >= 0.6 is 0 Å². The minimum absolute atomic E-state index is 0.121. The van der Waals surface area contributed by atoms with Gasteiger partial charge in [-0.1, -0.05) is 0 Å². The largest absolute Gasteiger partial charge is 0.491 e. The van der Waals surface area contributed by atoms with E-state index in [0.717, 1.165) is 0 Å². The van der Waals surface area contributed by atoms with Crippen LogP contribution in [0.15, 0.2) is 12.1 Å². The molecule has 1 heterocycles. The number of nitrogens with two attached hydrogens (primary N) is 2. The van der Waals surface area contributed by atoms with Crippen molar-refractivity contribution in [1.82, 2.24) is 0 Å². The molecule has 0 radical (unpaired) electrons. The fourth-order valence-electron chi connectivity index (χ4n) is 1.55. The van der Waals surface area contributed by atoms with E-state index in [2.05, 4.69) is 0 Å². The molecular weight excluding hydrogens is 184 g/mol. The summed E-state index contributed by atoms with van der Waals surface area (Å²) in [5.74, 6) is -0.543. The van der Waals surface area contributed by atoms with Gasteiger partial charge in [-0.15, -0.1) is 0 Å². The minimum atomic E-state index is -1.02. The molecule has 0 unspecified atom stereocenters. The smallest absolute Gasteiger partial charge is 0.335 e. The zero-order valence-corrected chi connectivity index (χ0v) is 7.36. The fraction of sp³-hybridized carbons (Fsp3) is 0.222. The van der Waals surface area contributed by atoms with Gasteiger partial charge in [-0.05, 0) is 12.1 Å². The maximum atomic E-state index is 10.7. The van der Waals surface area contributed by atoms with E-state index in [1.165, 1.54) is 12.1 Å². The first kappa shape index (κ1) is 8.83. The highest BCUT2D eigenvalue weighted by atomic mass is 16.5. The van der Waals surface area contributed by atoms with Gasteiger partial charge < -0.3 is 21.3 Å². The number of carboxylic acids is 1. The van der Waals surface area contributed by atoms with Crippen LogP contribution in [0, 0.1) is 0 Å². The summed E-state index contributed by atoms with van der Waals surface area (Å²) in [6.07, 6.45) is 0. The van der Waals surface area contributed by atoms with Crippen molar-refractivity contribution in [3.63, 3.8) is 0 Å². The average molecular weight is 194 g/mol. The van der Waals surface area contributed by atoms with Crippen molar-refractivity contribution in [2.45, 2.75) is 6.04 Å². The second-order valence-corrected chi connectivity index (χ2v) is 3.20. The summed E-state index contributed by atoms with van der Waals surface area (Å²) >= 11 is 0. The third kappa shape index (κ3) is 1.18. The lowest BCUT2D eigenvalue weighted by atomic mass is 10.0. The molecule has 1 aliphatic heterocycles. The van der Waals surface area contributed by atoms with Crippen LogP contribution in [-0.4, -0.2) is 17.7 Å². The zero-order valence-electron chi connectivity index (χ0n) is 7.36. The molecule has 0 aromatic heterocycles. The van der Waals surface area contributed by atoms with Gasteiger partial charge >= 0.3 is 5.97 Å². The predicted molar refractivity (Wildman–Crippen MR) is 50.2 cm³/mol. The van der Waals surface area contributed by atoms with E-state index >= 15 is 0 Å². The number of aromatic carboxylic acids is 1. The number of anilines is 1. The van der Waals surface area contributed by atoms with Gasteiger partial charge in [0.1, 0.15) is 12.4 Å². The molecule has 0 spiro atoms. The van der Waals surface area contributed by atoms with Gasteiger partial charge in [0.25, 0.3) is 0 Å². The van der Waals surface area contributed by atoms with Crippen molar-refractivity contribution < 1.29 is 14.6 Å². The van der Waals surface area contributed by atoms with Crippen molar-refractivity contribution in [3.8, 4) is 5.75 Å². The van der Waals surface area contributed by atoms with Gasteiger partial charge in [-0.2, -0.15) is 0 Å². The number of nitrogen functional groups attached to an aromatic ring is 1. The molecule has 0 aliphatic carbocycles. The number of rotatable bonds is 1. The lowest BCUT2D eigenvalue weighted by Gasteiger charge is -2.06. The SMILES string of the molecule is Nc1cc(C(=O)O)cc2c1[C@@H](N)CO2. The molecule has 0 saturated heterocycles. The Morgan fingerprint density at radius 2 is 2.29 bits per heavy atom. The first-order valence-corrected chi connectivity index (χ1v) is 4.14. The van der Waals surface area contributed by atoms with Gasteiger partial charge in [0.2, 0.25) is 0 Å². The number of hydrogen-bond donors (Lipinski definition) is 3. The summed E-state index contributed by atoms with van der Waals surface area (Å²) in [5, 5.41) is 8.76. The van der Waals surface area contributed by atoms with Crippen LogP contribution in [0.2, 0.25) is 0 Å². The standard InChI is InChI=1S/C9H10N2O3/c10-5-1-4(9(12)13)2-7-8(5)6(11)3-14-7/h1-2,6H,3,10-11H2,(H,12,13)/t6-/m0/s1. The Balaban J connectivity index is 2.57. The molecule has 0 amide bonds. The summed E-state index contributed by atoms with van der Waals surface area (Å²) in [6.45, 7) is 0.350. The van der Waals surface area contributed by atoms with Crippen LogP contribution in [0.1, 0.15) is 22.0 Å². The Bertz CT molecular complexity index is 403. The van der Waals surface area contributed by atoms with Crippen molar-refractivity contribution in [3.05, 3.63) is 23.3 Å². The van der Waals surface area contributed by atoms with E-state index in [9.17, 15) is 4.79 Å². The molecule has 5 N–H and O–H groups in total. The quantitative estimate of drug-likeness (QED) is 0.560. The highest BCUT2D eigenvalue weighted by Gasteiger charge is 2.24. The molecule has 0 saturated carbocycles. The number of carbonyl (C=O) groups is 1. The molecule has 5 nitrogen and oxygen atoms in total. The van der Waals surface area contributed by atoms with Crippen molar-refractivity contribution in [2.75, 3.05) is 12.3 Å². The van der Waals surface area contributed by atoms with E-state index in [4.69, 9.17) is 21.3 Å². The van der Waals surface area contributed by atoms with Crippen LogP contribution in [0.4, 0.5) is 5.69 Å². The maximum absolute atomic E-state index is 10.7.